The van der Waals surface area contributed by atoms with E-state index in [0.717, 1.165) is 11.3 Å². The molecule has 3 nitrogen and oxygen atoms in total. The van der Waals surface area contributed by atoms with Crippen molar-refractivity contribution in [1.29, 1.82) is 0 Å². The van der Waals surface area contributed by atoms with Gasteiger partial charge in [0.25, 0.3) is 0 Å². The molecule has 0 bridgehead atoms. The molecular weight excluding hydrogens is 679 g/mol. The van der Waals surface area contributed by atoms with Gasteiger partial charge in [0.1, 0.15) is 11.1 Å². The molecule has 41 heavy (non-hydrogen) atoms. The molecule has 2 aliphatic rings. The summed E-state index contributed by atoms with van der Waals surface area (Å²) in [6.07, 6.45) is 6.25. The van der Waals surface area contributed by atoms with Crippen LogP contribution in [0.5, 0.6) is 0 Å². The van der Waals surface area contributed by atoms with Crippen molar-refractivity contribution in [1.82, 2.24) is 4.98 Å². The van der Waals surface area contributed by atoms with Gasteiger partial charge in [0.15, 0.2) is 12.4 Å². The van der Waals surface area contributed by atoms with E-state index in [4.69, 9.17) is 0 Å². The molecule has 3 aromatic carbocycles. The van der Waals surface area contributed by atoms with Crippen LogP contribution in [0.25, 0.3) is 33.8 Å². The summed E-state index contributed by atoms with van der Waals surface area (Å²) in [5.74, 6) is 0. The minimum Gasteiger partial charge on any atom is -0.305 e. The van der Waals surface area contributed by atoms with Crippen LogP contribution in [0.2, 0.25) is 0 Å². The first-order valence-corrected chi connectivity index (χ1v) is 13.7. The summed E-state index contributed by atoms with van der Waals surface area (Å²) in [6, 6.07) is 41.9. The Hall–Kier alpha value is -4.24. The molecule has 2 aliphatic heterocycles. The van der Waals surface area contributed by atoms with Gasteiger partial charge in [-0.25, -0.2) is 0 Å². The van der Waals surface area contributed by atoms with Crippen molar-refractivity contribution in [3.05, 3.63) is 162 Å². The normalized spacial score (nSPS) is 12.8. The maximum absolute atomic E-state index is 4.25. The number of aromatic nitrogens is 3. The summed E-state index contributed by atoms with van der Waals surface area (Å²) >= 11 is 0. The van der Waals surface area contributed by atoms with Gasteiger partial charge in [-0.15, -0.1) is 44.5 Å². The summed E-state index contributed by atoms with van der Waals surface area (Å²) in [4.78, 5) is 4.25. The molecule has 4 heteroatoms. The van der Waals surface area contributed by atoms with E-state index in [1.54, 1.807) is 6.20 Å². The Balaban J connectivity index is 0.000000183. The number of benzene rings is 3. The van der Waals surface area contributed by atoms with Crippen molar-refractivity contribution < 1.29 is 29.2 Å². The van der Waals surface area contributed by atoms with Crippen LogP contribution in [0, 0.1) is 26.8 Å². The molecule has 0 atom stereocenters. The Labute approximate surface area is 255 Å². The first-order valence-electron chi connectivity index (χ1n) is 13.7. The van der Waals surface area contributed by atoms with Crippen LogP contribution in [-0.4, -0.2) is 4.98 Å². The van der Waals surface area contributed by atoms with E-state index in [9.17, 15) is 0 Å². The number of nitrogens with zero attached hydrogens (tertiary/aromatic N) is 3. The second-order valence-corrected chi connectivity index (χ2v) is 10.7. The monoisotopic (exact) mass is 709 g/mol. The van der Waals surface area contributed by atoms with Crippen LogP contribution >= 0.6 is 0 Å². The van der Waals surface area contributed by atoms with Crippen LogP contribution in [0.3, 0.4) is 0 Å². The molecule has 0 aliphatic carbocycles. The summed E-state index contributed by atoms with van der Waals surface area (Å²) in [6.45, 7) is 6.42. The Morgan fingerprint density at radius 1 is 0.610 bits per heavy atom. The molecule has 0 unspecified atom stereocenters. The average Bonchev–Trinajstić information content (AvgIpc) is 3.45. The third kappa shape index (κ3) is 4.26. The van der Waals surface area contributed by atoms with Gasteiger partial charge in [-0.1, -0.05) is 42.3 Å². The van der Waals surface area contributed by atoms with Crippen LogP contribution < -0.4 is 9.13 Å². The molecule has 201 valence electrons. The van der Waals surface area contributed by atoms with Crippen molar-refractivity contribution in [3.63, 3.8) is 0 Å². The van der Waals surface area contributed by atoms with Gasteiger partial charge in [0.05, 0.1) is 11.1 Å². The third-order valence-electron chi connectivity index (χ3n) is 7.98. The third-order valence-corrected chi connectivity index (χ3v) is 7.98. The van der Waals surface area contributed by atoms with E-state index in [2.05, 4.69) is 132 Å². The van der Waals surface area contributed by atoms with E-state index in [0.29, 0.717) is 0 Å². The van der Waals surface area contributed by atoms with Gasteiger partial charge in [0, 0.05) is 50.6 Å². The van der Waals surface area contributed by atoms with Gasteiger partial charge >= 0.3 is 5.66 Å². The fourth-order valence-electron chi connectivity index (χ4n) is 6.19. The molecule has 6 aromatic rings. The first kappa shape index (κ1) is 27.0. The molecule has 1 radical (unpaired) electrons. The topological polar surface area (TPSA) is 20.6 Å². The SMILES string of the molecule is Cc1c[c-]c(-c2ccccn2)cc1.Cc1ccc2c(c1)C1(c3cc(C)ccc3-c3cccc[n+]31)[n+]1ccccc1-2.[Ir]. The van der Waals surface area contributed by atoms with Gasteiger partial charge in [-0.05, 0) is 62.0 Å². The van der Waals surface area contributed by atoms with Crippen LogP contribution in [0.1, 0.15) is 27.8 Å². The van der Waals surface area contributed by atoms with E-state index in [1.165, 1.54) is 50.3 Å². The van der Waals surface area contributed by atoms with Crippen molar-refractivity contribution in [2.24, 2.45) is 0 Å². The number of pyridine rings is 3. The number of rotatable bonds is 1. The molecule has 5 heterocycles. The summed E-state index contributed by atoms with van der Waals surface area (Å²) in [7, 11) is 0. The molecule has 0 saturated heterocycles. The largest absolute Gasteiger partial charge is 0.417 e. The van der Waals surface area contributed by atoms with E-state index < -0.39 is 0 Å². The number of fused-ring (bicyclic) bond motifs is 10. The maximum atomic E-state index is 4.25. The van der Waals surface area contributed by atoms with Crippen molar-refractivity contribution in [2.75, 3.05) is 0 Å². The Morgan fingerprint density at radius 3 is 1.68 bits per heavy atom. The van der Waals surface area contributed by atoms with E-state index in [1.807, 2.05) is 30.3 Å². The Bertz CT molecular complexity index is 1780. The molecule has 1 spiro atoms. The van der Waals surface area contributed by atoms with Crippen molar-refractivity contribution in [3.8, 4) is 33.8 Å². The Morgan fingerprint density at radius 2 is 1.17 bits per heavy atom. The zero-order chi connectivity index (χ0) is 27.3. The fraction of sp³-hybridized carbons (Fsp3) is 0.108. The fourth-order valence-corrected chi connectivity index (χ4v) is 6.19. The zero-order valence-electron chi connectivity index (χ0n) is 23.3. The second kappa shape index (κ2) is 10.6. The molecular formula is C37H30IrN3+. The molecule has 0 fully saturated rings. The predicted molar refractivity (Wildman–Crippen MR) is 158 cm³/mol. The van der Waals surface area contributed by atoms with Crippen molar-refractivity contribution in [2.45, 2.75) is 26.4 Å². The van der Waals surface area contributed by atoms with Crippen molar-refractivity contribution >= 4 is 0 Å². The standard InChI is InChI=1S/C25H20N2.C12H10N.Ir/c1-17-9-11-19-21(15-17)25(26-13-5-3-7-23(19)26)22-16-18(2)10-12-20(22)24-8-4-6-14-27(24)25;1-10-5-7-11(8-6-10)12-4-2-3-9-13-12;/h3-16H,1-2H3;2-7,9H,1H3;/q+2;-1;. The molecule has 3 aromatic heterocycles. The van der Waals surface area contributed by atoms with Crippen LogP contribution in [0.4, 0.5) is 0 Å². The van der Waals surface area contributed by atoms with Gasteiger partial charge in [-0.2, -0.15) is 0 Å². The first-order chi connectivity index (χ1) is 19.6. The molecule has 8 rings (SSSR count). The quantitative estimate of drug-likeness (QED) is 0.133. The number of hydrogen-bond donors (Lipinski definition) is 0. The smallest absolute Gasteiger partial charge is 0.305 e. The average molecular weight is 709 g/mol. The summed E-state index contributed by atoms with van der Waals surface area (Å²) in [5, 5.41) is 0. The van der Waals surface area contributed by atoms with Crippen LogP contribution in [-0.2, 0) is 25.8 Å². The Kier molecular flexibility index (Phi) is 6.99. The minimum atomic E-state index is -0.365. The molecule has 0 saturated carbocycles. The maximum Gasteiger partial charge on any atom is 0.417 e. The second-order valence-electron chi connectivity index (χ2n) is 10.7. The van der Waals surface area contributed by atoms with Gasteiger partial charge < -0.3 is 4.98 Å². The van der Waals surface area contributed by atoms with Gasteiger partial charge in [0.2, 0.25) is 11.4 Å². The predicted octanol–water partition coefficient (Wildman–Crippen LogP) is 6.99. The molecule has 0 N–H and O–H groups in total. The van der Waals surface area contributed by atoms with Crippen LogP contribution in [0.15, 0.2) is 128 Å². The van der Waals surface area contributed by atoms with E-state index in [-0.39, 0.29) is 25.8 Å². The summed E-state index contributed by atoms with van der Waals surface area (Å²) < 4.78 is 4.90. The van der Waals surface area contributed by atoms with Gasteiger partial charge in [-0.3, -0.25) is 0 Å². The number of aryl methyl sites for hydroxylation is 3. The number of hydrogen-bond acceptors (Lipinski definition) is 1. The molecule has 0 amide bonds. The minimum absolute atomic E-state index is 0. The summed E-state index contributed by atoms with van der Waals surface area (Å²) in [5.41, 5.74) is 13.3. The van der Waals surface area contributed by atoms with E-state index >= 15 is 0 Å². The zero-order valence-corrected chi connectivity index (χ0v) is 25.7.